The summed E-state index contributed by atoms with van der Waals surface area (Å²) >= 11 is 0. The largest absolute Gasteiger partial charge is 0.456 e. The second kappa shape index (κ2) is 16.1. The Bertz CT molecular complexity index is 4360. The molecular weight excluding hydrogens is 932 g/mol. The molecule has 0 atom stereocenters. The van der Waals surface area contributed by atoms with E-state index >= 15 is 0 Å². The van der Waals surface area contributed by atoms with E-state index in [1.165, 1.54) is 135 Å². The summed E-state index contributed by atoms with van der Waals surface area (Å²) in [7, 11) is 0.816. The fourth-order valence-corrected chi connectivity index (χ4v) is 14.5. The minimum atomic E-state index is -0.195. The molecule has 0 saturated heterocycles. The number of aromatic nitrogens is 1. The second-order valence-corrected chi connectivity index (χ2v) is 25.9. The van der Waals surface area contributed by atoms with Gasteiger partial charge in [-0.2, -0.15) is 0 Å². The molecule has 3 nitrogen and oxygen atoms in total. The lowest BCUT2D eigenvalue weighted by molar-refractivity contribution is 0.331. The fraction of sp³-hybridized carbons (Fsp3) is 0.233. The molecule has 0 unspecified atom stereocenters. The molecule has 0 bridgehead atoms. The first-order valence-electron chi connectivity index (χ1n) is 28.2. The number of nitrogens with one attached hydrogen (secondary N) is 1. The molecule has 9 aromatic carbocycles. The van der Waals surface area contributed by atoms with E-state index in [9.17, 15) is 0 Å². The third kappa shape index (κ3) is 6.89. The Kier molecular flexibility index (Phi) is 9.73. The molecule has 0 spiro atoms. The molecule has 0 radical (unpaired) electrons. The molecule has 15 rings (SSSR count). The van der Waals surface area contributed by atoms with Crippen LogP contribution in [0.2, 0.25) is 0 Å². The number of furan rings is 1. The molecule has 0 fully saturated rings. The number of para-hydroxylation sites is 1. The molecule has 1 aliphatic heterocycles. The summed E-state index contributed by atoms with van der Waals surface area (Å²) in [6.07, 6.45) is 4.35. The standard InChI is InChI=1S/C73H65BN2O/c1-70(2,3)45-25-27-46(28-26-45)75-62-40-58-52(53-37-59-60(39-57(53)73(58,8)9)72(6,7)33-32-71(59,4)5)35-54(62)49-30-31-50-55-36-56-48-22-16-17-23-65(48)77-66(56)41-63(55)76-64-38-51-44(34-61(64)74-68(49)69(50)76)24-29-47(42-18-12-10-13-19-42)67(51)43-20-14-11-15-21-43/h10-23,25-28,30-31,34-41,74-75H,24,29,32-33H2,1-9H3. The van der Waals surface area contributed by atoms with Gasteiger partial charge in [0.2, 0.25) is 0 Å². The van der Waals surface area contributed by atoms with Gasteiger partial charge >= 0.3 is 0 Å². The average molecular weight is 997 g/mol. The van der Waals surface area contributed by atoms with Crippen LogP contribution in [0.3, 0.4) is 0 Å². The van der Waals surface area contributed by atoms with Gasteiger partial charge in [-0.05, 0) is 174 Å². The highest BCUT2D eigenvalue weighted by atomic mass is 16.3. The number of rotatable bonds is 5. The lowest BCUT2D eigenvalue weighted by Gasteiger charge is -2.42. The summed E-state index contributed by atoms with van der Waals surface area (Å²) in [5, 5.41) is 8.92. The Morgan fingerprint density at radius 1 is 0.519 bits per heavy atom. The summed E-state index contributed by atoms with van der Waals surface area (Å²) in [6.45, 7) is 21.7. The molecule has 0 amide bonds. The van der Waals surface area contributed by atoms with Gasteiger partial charge in [-0.25, -0.2) is 0 Å². The third-order valence-corrected chi connectivity index (χ3v) is 19.0. The van der Waals surface area contributed by atoms with Gasteiger partial charge in [0.15, 0.2) is 7.28 Å². The predicted molar refractivity (Wildman–Crippen MR) is 328 cm³/mol. The van der Waals surface area contributed by atoms with E-state index in [-0.39, 0.29) is 21.7 Å². The first-order chi connectivity index (χ1) is 37.0. The molecule has 3 aliphatic carbocycles. The van der Waals surface area contributed by atoms with Crippen molar-refractivity contribution in [1.82, 2.24) is 4.57 Å². The highest BCUT2D eigenvalue weighted by Crippen LogP contribution is 2.57. The third-order valence-electron chi connectivity index (χ3n) is 19.0. The van der Waals surface area contributed by atoms with Crippen molar-refractivity contribution in [1.29, 1.82) is 0 Å². The maximum atomic E-state index is 6.73. The molecule has 11 aromatic rings. The van der Waals surface area contributed by atoms with E-state index < -0.39 is 0 Å². The van der Waals surface area contributed by atoms with Gasteiger partial charge in [-0.15, -0.1) is 0 Å². The lowest BCUT2D eigenvalue weighted by Crippen LogP contribution is -2.38. The minimum absolute atomic E-state index is 0.0562. The minimum Gasteiger partial charge on any atom is -0.456 e. The Balaban J connectivity index is 1.01. The van der Waals surface area contributed by atoms with Crippen molar-refractivity contribution in [3.63, 3.8) is 0 Å². The van der Waals surface area contributed by atoms with Crippen molar-refractivity contribution in [2.24, 2.45) is 0 Å². The first kappa shape index (κ1) is 46.5. The van der Waals surface area contributed by atoms with Gasteiger partial charge < -0.3 is 14.3 Å². The smallest absolute Gasteiger partial charge is 0.198 e. The van der Waals surface area contributed by atoms with Crippen molar-refractivity contribution in [2.45, 2.75) is 110 Å². The summed E-state index contributed by atoms with van der Waals surface area (Å²) in [4.78, 5) is 0. The van der Waals surface area contributed by atoms with E-state index in [4.69, 9.17) is 4.42 Å². The van der Waals surface area contributed by atoms with Gasteiger partial charge in [-0.1, -0.05) is 183 Å². The van der Waals surface area contributed by atoms with Gasteiger partial charge in [-0.3, -0.25) is 0 Å². The van der Waals surface area contributed by atoms with Gasteiger partial charge in [0.25, 0.3) is 0 Å². The van der Waals surface area contributed by atoms with E-state index in [2.05, 4.69) is 242 Å². The van der Waals surface area contributed by atoms with Crippen LogP contribution < -0.4 is 16.2 Å². The zero-order valence-corrected chi connectivity index (χ0v) is 46.1. The highest BCUT2D eigenvalue weighted by Gasteiger charge is 2.43. The van der Waals surface area contributed by atoms with Gasteiger partial charge in [0.1, 0.15) is 11.2 Å². The van der Waals surface area contributed by atoms with Crippen LogP contribution >= 0.6 is 0 Å². The highest BCUT2D eigenvalue weighted by molar-refractivity contribution is 6.73. The molecule has 1 N–H and O–H groups in total. The van der Waals surface area contributed by atoms with Crippen molar-refractivity contribution in [3.8, 4) is 27.9 Å². The monoisotopic (exact) mass is 997 g/mol. The first-order valence-corrected chi connectivity index (χ1v) is 28.2. The van der Waals surface area contributed by atoms with Crippen LogP contribution in [0, 0.1) is 0 Å². The zero-order valence-electron chi connectivity index (χ0n) is 46.1. The van der Waals surface area contributed by atoms with Crippen LogP contribution in [-0.2, 0) is 28.1 Å². The fourth-order valence-electron chi connectivity index (χ4n) is 14.5. The normalized spacial score (nSPS) is 16.5. The maximum absolute atomic E-state index is 6.73. The average Bonchev–Trinajstić information content (AvgIpc) is 4.23. The van der Waals surface area contributed by atoms with Crippen LogP contribution in [0.1, 0.15) is 132 Å². The molecule has 2 aromatic heterocycles. The molecule has 4 heteroatoms. The van der Waals surface area contributed by atoms with Gasteiger partial charge in [0, 0.05) is 61.2 Å². The summed E-state index contributed by atoms with van der Waals surface area (Å²) in [5.74, 6) is 0. The quantitative estimate of drug-likeness (QED) is 0.174. The number of nitrogens with zero attached hydrogens (tertiary/aromatic N) is 1. The molecule has 376 valence electrons. The Labute approximate surface area is 453 Å². The summed E-state index contributed by atoms with van der Waals surface area (Å²) in [6, 6.07) is 65.0. The van der Waals surface area contributed by atoms with E-state index in [0.717, 1.165) is 53.4 Å². The summed E-state index contributed by atoms with van der Waals surface area (Å²) in [5.41, 5.74) is 31.1. The number of benzene rings is 9. The molecule has 77 heavy (non-hydrogen) atoms. The Morgan fingerprint density at radius 3 is 1.94 bits per heavy atom. The number of hydrogen-bond donors (Lipinski definition) is 1. The maximum Gasteiger partial charge on any atom is 0.198 e. The van der Waals surface area contributed by atoms with Crippen molar-refractivity contribution >= 4 is 84.5 Å². The Hall–Kier alpha value is -7.82. The molecule has 0 saturated carbocycles. The number of allylic oxidation sites excluding steroid dienone is 1. The van der Waals surface area contributed by atoms with Crippen molar-refractivity contribution < 1.29 is 4.42 Å². The van der Waals surface area contributed by atoms with Crippen LogP contribution in [0.5, 0.6) is 0 Å². The number of anilines is 2. The number of aryl methyl sites for hydroxylation is 1. The number of fused-ring (bicyclic) bond motifs is 13. The lowest BCUT2D eigenvalue weighted by atomic mass is 9.58. The molecule has 3 heterocycles. The zero-order chi connectivity index (χ0) is 52.5. The van der Waals surface area contributed by atoms with E-state index in [0.29, 0.717) is 0 Å². The van der Waals surface area contributed by atoms with E-state index in [1.54, 1.807) is 0 Å². The van der Waals surface area contributed by atoms with Crippen LogP contribution in [-0.4, -0.2) is 11.8 Å². The topological polar surface area (TPSA) is 30.1 Å². The van der Waals surface area contributed by atoms with Gasteiger partial charge in [0.05, 0.1) is 5.52 Å². The van der Waals surface area contributed by atoms with Crippen molar-refractivity contribution in [3.05, 3.63) is 220 Å². The van der Waals surface area contributed by atoms with Crippen LogP contribution in [0.15, 0.2) is 174 Å². The van der Waals surface area contributed by atoms with Crippen molar-refractivity contribution in [2.75, 3.05) is 5.32 Å². The Morgan fingerprint density at radius 2 is 1.19 bits per heavy atom. The SMILES string of the molecule is CC(C)(C)c1ccc(Nc2cc3c(cc2-c2ccc4c5cc6c(cc5n5c4c2Bc2cc4c(cc2-5)C(c2ccccc2)=C(c2ccccc2)CC4)oc2ccccc26)-c2cc4c(cc2C3(C)C)C(C)(C)CCC4(C)C)cc1. The summed E-state index contributed by atoms with van der Waals surface area (Å²) < 4.78 is 9.35. The predicted octanol–water partition coefficient (Wildman–Crippen LogP) is 17.7. The van der Waals surface area contributed by atoms with E-state index in [1.807, 2.05) is 0 Å². The molecule has 4 aliphatic rings. The second-order valence-electron chi connectivity index (χ2n) is 25.9. The van der Waals surface area contributed by atoms with Crippen LogP contribution in [0.25, 0.3) is 82.8 Å². The number of hydrogen-bond acceptors (Lipinski definition) is 2. The molecular formula is C73H65BN2O. The van der Waals surface area contributed by atoms with Crippen LogP contribution in [0.4, 0.5) is 11.4 Å².